The van der Waals surface area contributed by atoms with Crippen LogP contribution >= 0.6 is 11.8 Å². The molecule has 0 aliphatic carbocycles. The van der Waals surface area contributed by atoms with Crippen molar-refractivity contribution < 1.29 is 4.74 Å². The lowest BCUT2D eigenvalue weighted by Gasteiger charge is -2.25. The second-order valence-corrected chi connectivity index (χ2v) is 5.84. The molecule has 0 atom stereocenters. The summed E-state index contributed by atoms with van der Waals surface area (Å²) in [6.45, 7) is 5.18. The van der Waals surface area contributed by atoms with Crippen LogP contribution in [0.4, 0.5) is 0 Å². The van der Waals surface area contributed by atoms with Gasteiger partial charge in [0.25, 0.3) is 0 Å². The lowest BCUT2D eigenvalue weighted by Crippen LogP contribution is -2.42. The number of hydrogen-bond acceptors (Lipinski definition) is 3. The summed E-state index contributed by atoms with van der Waals surface area (Å²) in [5, 5.41) is 4.66. The summed E-state index contributed by atoms with van der Waals surface area (Å²) in [6.07, 6.45) is 2.29. The molecule has 0 aromatic heterocycles. The first-order valence-electron chi connectivity index (χ1n) is 6.79. The van der Waals surface area contributed by atoms with Crippen LogP contribution in [0.25, 0.3) is 0 Å². The van der Waals surface area contributed by atoms with E-state index in [0.717, 1.165) is 29.5 Å². The Hall–Kier alpha value is -1.16. The standard InChI is InChI=1S/C15H22N2OS/c1-4-15(5-2)11-19-14(17-15)16-10-12-7-6-8-13(9-12)18-3/h6-9H,4-5,10-11H2,1-3H3,(H,16,17). The molecule has 19 heavy (non-hydrogen) atoms. The number of thioether (sulfide) groups is 1. The molecule has 0 saturated carbocycles. The van der Waals surface area contributed by atoms with Gasteiger partial charge in [-0.3, -0.25) is 4.99 Å². The Morgan fingerprint density at radius 1 is 1.37 bits per heavy atom. The fourth-order valence-electron chi connectivity index (χ4n) is 2.16. The molecule has 1 aromatic rings. The highest BCUT2D eigenvalue weighted by Crippen LogP contribution is 2.29. The molecule has 1 aliphatic heterocycles. The van der Waals surface area contributed by atoms with Crippen molar-refractivity contribution in [3.63, 3.8) is 0 Å². The predicted octanol–water partition coefficient (Wildman–Crippen LogP) is 3.45. The Balaban J connectivity index is 2.00. The Kier molecular flexibility index (Phi) is 4.75. The molecule has 1 N–H and O–H groups in total. The molecule has 0 unspecified atom stereocenters. The van der Waals surface area contributed by atoms with E-state index in [4.69, 9.17) is 4.74 Å². The number of ether oxygens (including phenoxy) is 1. The zero-order valence-corrected chi connectivity index (χ0v) is 12.7. The van der Waals surface area contributed by atoms with Crippen LogP contribution in [0, 0.1) is 0 Å². The van der Waals surface area contributed by atoms with Crippen LogP contribution in [-0.4, -0.2) is 23.6 Å². The molecule has 1 saturated heterocycles. The second-order valence-electron chi connectivity index (χ2n) is 4.87. The maximum atomic E-state index is 5.23. The quantitative estimate of drug-likeness (QED) is 0.895. The molecule has 0 spiro atoms. The number of rotatable bonds is 5. The van der Waals surface area contributed by atoms with Crippen molar-refractivity contribution in [1.29, 1.82) is 0 Å². The first-order valence-corrected chi connectivity index (χ1v) is 7.78. The van der Waals surface area contributed by atoms with E-state index in [1.54, 1.807) is 7.11 Å². The van der Waals surface area contributed by atoms with Crippen LogP contribution in [0.5, 0.6) is 5.75 Å². The highest BCUT2D eigenvalue weighted by atomic mass is 32.2. The van der Waals surface area contributed by atoms with Crippen molar-refractivity contribution >= 4 is 16.9 Å². The number of aliphatic imine (C=N–C) groups is 1. The minimum atomic E-state index is 0.248. The fourth-order valence-corrected chi connectivity index (χ4v) is 3.49. The van der Waals surface area contributed by atoms with Crippen LogP contribution in [-0.2, 0) is 6.54 Å². The van der Waals surface area contributed by atoms with Crippen molar-refractivity contribution in [2.45, 2.75) is 38.8 Å². The van der Waals surface area contributed by atoms with Crippen molar-refractivity contribution in [2.75, 3.05) is 12.9 Å². The Bertz CT molecular complexity index is 455. The minimum Gasteiger partial charge on any atom is -0.497 e. The van der Waals surface area contributed by atoms with E-state index >= 15 is 0 Å². The molecule has 1 fully saturated rings. The summed E-state index contributed by atoms with van der Waals surface area (Å²) in [5.41, 5.74) is 1.43. The fraction of sp³-hybridized carbons (Fsp3) is 0.533. The third kappa shape index (κ3) is 3.44. The van der Waals surface area contributed by atoms with Gasteiger partial charge < -0.3 is 10.1 Å². The molecule has 1 heterocycles. The van der Waals surface area contributed by atoms with E-state index in [0.29, 0.717) is 6.54 Å². The average molecular weight is 278 g/mol. The monoisotopic (exact) mass is 278 g/mol. The van der Waals surface area contributed by atoms with E-state index in [2.05, 4.69) is 30.2 Å². The minimum absolute atomic E-state index is 0.248. The summed E-state index contributed by atoms with van der Waals surface area (Å²) in [7, 11) is 1.69. The van der Waals surface area contributed by atoms with Gasteiger partial charge in [0.05, 0.1) is 13.7 Å². The molecule has 0 bridgehead atoms. The average Bonchev–Trinajstić information content (AvgIpc) is 2.90. The van der Waals surface area contributed by atoms with Gasteiger partial charge in [-0.25, -0.2) is 0 Å². The van der Waals surface area contributed by atoms with Crippen molar-refractivity contribution in [3.05, 3.63) is 29.8 Å². The van der Waals surface area contributed by atoms with Gasteiger partial charge in [0.1, 0.15) is 5.75 Å². The van der Waals surface area contributed by atoms with Crippen LogP contribution in [0.3, 0.4) is 0 Å². The second kappa shape index (κ2) is 6.33. The molecule has 0 amide bonds. The van der Waals surface area contributed by atoms with Gasteiger partial charge in [0.15, 0.2) is 5.17 Å². The lowest BCUT2D eigenvalue weighted by molar-refractivity contribution is 0.407. The van der Waals surface area contributed by atoms with E-state index in [1.807, 2.05) is 30.0 Å². The maximum Gasteiger partial charge on any atom is 0.157 e. The Morgan fingerprint density at radius 2 is 2.16 bits per heavy atom. The van der Waals surface area contributed by atoms with Gasteiger partial charge in [-0.2, -0.15) is 0 Å². The van der Waals surface area contributed by atoms with Crippen molar-refractivity contribution in [1.82, 2.24) is 5.32 Å². The molecule has 0 radical (unpaired) electrons. The first-order chi connectivity index (χ1) is 9.21. The molecule has 4 heteroatoms. The smallest absolute Gasteiger partial charge is 0.157 e. The summed E-state index contributed by atoms with van der Waals surface area (Å²) >= 11 is 1.84. The van der Waals surface area contributed by atoms with Crippen LogP contribution in [0.15, 0.2) is 29.3 Å². The van der Waals surface area contributed by atoms with Gasteiger partial charge in [-0.05, 0) is 30.5 Å². The van der Waals surface area contributed by atoms with Gasteiger partial charge in [-0.15, -0.1) is 0 Å². The van der Waals surface area contributed by atoms with Gasteiger partial charge in [-0.1, -0.05) is 37.7 Å². The topological polar surface area (TPSA) is 33.6 Å². The van der Waals surface area contributed by atoms with Gasteiger partial charge >= 0.3 is 0 Å². The molecule has 1 aliphatic rings. The number of methoxy groups -OCH3 is 1. The van der Waals surface area contributed by atoms with E-state index in [9.17, 15) is 0 Å². The number of nitrogens with one attached hydrogen (secondary N) is 1. The molecule has 3 nitrogen and oxygen atoms in total. The molecule has 104 valence electrons. The van der Waals surface area contributed by atoms with Crippen LogP contribution in [0.2, 0.25) is 0 Å². The number of hydrogen-bond donors (Lipinski definition) is 1. The summed E-state index contributed by atoms with van der Waals surface area (Å²) < 4.78 is 5.23. The summed E-state index contributed by atoms with van der Waals surface area (Å²) in [5.74, 6) is 2.01. The predicted molar refractivity (Wildman–Crippen MR) is 83.0 cm³/mol. The number of nitrogens with zero attached hydrogens (tertiary/aromatic N) is 1. The normalized spacial score (nSPS) is 19.4. The molecule has 1 aromatic carbocycles. The van der Waals surface area contributed by atoms with E-state index in [1.165, 1.54) is 5.56 Å². The van der Waals surface area contributed by atoms with Gasteiger partial charge in [0, 0.05) is 11.3 Å². The van der Waals surface area contributed by atoms with Crippen LogP contribution in [0.1, 0.15) is 32.3 Å². The number of amidine groups is 1. The molecular formula is C15H22N2OS. The highest BCUT2D eigenvalue weighted by molar-refractivity contribution is 8.14. The highest BCUT2D eigenvalue weighted by Gasteiger charge is 2.33. The van der Waals surface area contributed by atoms with Crippen LogP contribution < -0.4 is 10.1 Å². The summed E-state index contributed by atoms with van der Waals surface area (Å²) in [6, 6.07) is 8.08. The summed E-state index contributed by atoms with van der Waals surface area (Å²) in [4.78, 5) is 4.67. The third-order valence-corrected chi connectivity index (χ3v) is 4.95. The van der Waals surface area contributed by atoms with Crippen molar-refractivity contribution in [3.8, 4) is 5.75 Å². The van der Waals surface area contributed by atoms with Gasteiger partial charge in [0.2, 0.25) is 0 Å². The van der Waals surface area contributed by atoms with E-state index in [-0.39, 0.29) is 5.54 Å². The third-order valence-electron chi connectivity index (χ3n) is 3.75. The van der Waals surface area contributed by atoms with Crippen molar-refractivity contribution in [2.24, 2.45) is 4.99 Å². The molecule has 2 rings (SSSR count). The zero-order chi connectivity index (χ0) is 13.7. The maximum absolute atomic E-state index is 5.23. The van der Waals surface area contributed by atoms with E-state index < -0.39 is 0 Å². The Morgan fingerprint density at radius 3 is 2.79 bits per heavy atom. The Labute approximate surface area is 119 Å². The lowest BCUT2D eigenvalue weighted by atomic mass is 9.96. The SMILES string of the molecule is CCC1(CC)CSC(=NCc2cccc(OC)c2)N1. The zero-order valence-electron chi connectivity index (χ0n) is 11.9. The largest absolute Gasteiger partial charge is 0.497 e. The molecular weight excluding hydrogens is 256 g/mol. The first kappa shape index (κ1) is 14.3. The number of benzene rings is 1.